The number of anilines is 2. The molecule has 0 aliphatic carbocycles. The molecule has 6 nitrogen and oxygen atoms in total. The highest BCUT2D eigenvalue weighted by Gasteiger charge is 2.26. The molecule has 0 saturated carbocycles. The molecule has 126 valence electrons. The summed E-state index contributed by atoms with van der Waals surface area (Å²) in [6.07, 6.45) is 3.73. The number of fused-ring (bicyclic) bond motifs is 1. The fourth-order valence-electron chi connectivity index (χ4n) is 2.82. The Morgan fingerprint density at radius 3 is 2.92 bits per heavy atom. The quantitative estimate of drug-likeness (QED) is 0.855. The molecule has 1 atom stereocenters. The number of rotatable bonds is 5. The van der Waals surface area contributed by atoms with E-state index in [1.165, 1.54) is 12.5 Å². The molecule has 1 aromatic carbocycles. The maximum atomic E-state index is 12.5. The summed E-state index contributed by atoms with van der Waals surface area (Å²) in [5.41, 5.74) is 3.36. The molecule has 0 saturated heterocycles. The highest BCUT2D eigenvalue weighted by Crippen LogP contribution is 2.31. The number of carbonyl (C=O) groups excluding carboxylic acids is 2. The number of amides is 1. The maximum absolute atomic E-state index is 12.5. The van der Waals surface area contributed by atoms with Crippen molar-refractivity contribution in [1.29, 1.82) is 0 Å². The van der Waals surface area contributed by atoms with Crippen molar-refractivity contribution in [3.8, 4) is 0 Å². The van der Waals surface area contributed by atoms with Gasteiger partial charge in [0.1, 0.15) is 12.3 Å². The summed E-state index contributed by atoms with van der Waals surface area (Å²) in [5.74, 6) is -0.349. The first-order valence-corrected chi connectivity index (χ1v) is 8.00. The van der Waals surface area contributed by atoms with E-state index < -0.39 is 6.04 Å². The van der Waals surface area contributed by atoms with Crippen molar-refractivity contribution in [1.82, 2.24) is 0 Å². The number of benzene rings is 1. The smallest absolute Gasteiger partial charge is 0.328 e. The van der Waals surface area contributed by atoms with Crippen LogP contribution in [0.25, 0.3) is 0 Å². The third kappa shape index (κ3) is 3.13. The Kier molecular flexibility index (Phi) is 4.55. The third-order valence-corrected chi connectivity index (χ3v) is 4.01. The monoisotopic (exact) mass is 328 g/mol. The molecule has 6 heteroatoms. The molecule has 0 unspecified atom stereocenters. The van der Waals surface area contributed by atoms with Crippen LogP contribution in [0, 0.1) is 0 Å². The summed E-state index contributed by atoms with van der Waals surface area (Å²) < 4.78 is 9.98. The maximum Gasteiger partial charge on any atom is 0.328 e. The molecule has 0 bridgehead atoms. The summed E-state index contributed by atoms with van der Waals surface area (Å²) in [7, 11) is 0. The predicted molar refractivity (Wildman–Crippen MR) is 90.2 cm³/mol. The van der Waals surface area contributed by atoms with Gasteiger partial charge in [0.25, 0.3) is 5.91 Å². The second-order valence-electron chi connectivity index (χ2n) is 5.68. The van der Waals surface area contributed by atoms with Gasteiger partial charge in [-0.2, -0.15) is 0 Å². The van der Waals surface area contributed by atoms with E-state index >= 15 is 0 Å². The van der Waals surface area contributed by atoms with Gasteiger partial charge in [0.05, 0.1) is 18.4 Å². The molecule has 1 aliphatic heterocycles. The highest BCUT2D eigenvalue weighted by molar-refractivity contribution is 6.07. The number of esters is 1. The number of hydrogen-bond donors (Lipinski definition) is 1. The third-order valence-electron chi connectivity index (χ3n) is 4.01. The molecular weight excluding hydrogens is 308 g/mol. The highest BCUT2D eigenvalue weighted by atomic mass is 16.5. The lowest BCUT2D eigenvalue weighted by Gasteiger charge is -2.18. The lowest BCUT2D eigenvalue weighted by atomic mass is 10.1. The standard InChI is InChI=1S/C18H20N2O4/c1-3-24-18(22)12(2)19-15-4-5-16-13(10-15)6-8-20(16)17(21)14-7-9-23-11-14/h4-5,7,9-12,19H,3,6,8H2,1-2H3/t12-/m1/s1. The van der Waals surface area contributed by atoms with Gasteiger partial charge in [-0.15, -0.1) is 0 Å². The minimum absolute atomic E-state index is 0.0666. The van der Waals surface area contributed by atoms with E-state index in [0.717, 1.165) is 23.4 Å². The number of nitrogens with one attached hydrogen (secondary N) is 1. The van der Waals surface area contributed by atoms with E-state index in [9.17, 15) is 9.59 Å². The fraction of sp³-hybridized carbons (Fsp3) is 0.333. The largest absolute Gasteiger partial charge is 0.472 e. The summed E-state index contributed by atoms with van der Waals surface area (Å²) in [6, 6.07) is 6.99. The van der Waals surface area contributed by atoms with Gasteiger partial charge >= 0.3 is 5.97 Å². The molecule has 0 fully saturated rings. The van der Waals surface area contributed by atoms with Gasteiger partial charge in [0.2, 0.25) is 0 Å². The van der Waals surface area contributed by atoms with Crippen LogP contribution in [0.15, 0.2) is 41.2 Å². The van der Waals surface area contributed by atoms with Crippen molar-refractivity contribution in [2.75, 3.05) is 23.4 Å². The Morgan fingerprint density at radius 1 is 1.38 bits per heavy atom. The van der Waals surface area contributed by atoms with Crippen LogP contribution < -0.4 is 10.2 Å². The Bertz CT molecular complexity index is 739. The molecule has 24 heavy (non-hydrogen) atoms. The van der Waals surface area contributed by atoms with Crippen molar-refractivity contribution >= 4 is 23.3 Å². The molecule has 0 spiro atoms. The molecule has 1 amide bonds. The van der Waals surface area contributed by atoms with Crippen molar-refractivity contribution < 1.29 is 18.7 Å². The SMILES string of the molecule is CCOC(=O)[C@@H](C)Nc1ccc2c(c1)CCN2C(=O)c1ccoc1. The summed E-state index contributed by atoms with van der Waals surface area (Å²) >= 11 is 0. The minimum atomic E-state index is -0.423. The molecule has 1 N–H and O–H groups in total. The minimum Gasteiger partial charge on any atom is -0.472 e. The Balaban J connectivity index is 1.74. The fourth-order valence-corrected chi connectivity index (χ4v) is 2.82. The van der Waals surface area contributed by atoms with Crippen LogP contribution in [0.5, 0.6) is 0 Å². The molecule has 3 rings (SSSR count). The summed E-state index contributed by atoms with van der Waals surface area (Å²) in [5, 5.41) is 3.13. The van der Waals surface area contributed by atoms with Crippen molar-refractivity contribution in [3.63, 3.8) is 0 Å². The predicted octanol–water partition coefficient (Wildman–Crippen LogP) is 2.85. The Labute approximate surface area is 140 Å². The van der Waals surface area contributed by atoms with E-state index in [1.807, 2.05) is 18.2 Å². The lowest BCUT2D eigenvalue weighted by Crippen LogP contribution is -2.28. The van der Waals surface area contributed by atoms with E-state index in [2.05, 4.69) is 5.32 Å². The number of hydrogen-bond acceptors (Lipinski definition) is 5. The Hall–Kier alpha value is -2.76. The van der Waals surface area contributed by atoms with Crippen LogP contribution in [0.4, 0.5) is 11.4 Å². The van der Waals surface area contributed by atoms with Crippen LogP contribution in [0.1, 0.15) is 29.8 Å². The van der Waals surface area contributed by atoms with Crippen LogP contribution in [0.3, 0.4) is 0 Å². The number of nitrogens with zero attached hydrogens (tertiary/aromatic N) is 1. The Morgan fingerprint density at radius 2 is 2.21 bits per heavy atom. The first-order chi connectivity index (χ1) is 11.6. The van der Waals surface area contributed by atoms with E-state index in [4.69, 9.17) is 9.15 Å². The van der Waals surface area contributed by atoms with Gasteiger partial charge in [0, 0.05) is 17.9 Å². The van der Waals surface area contributed by atoms with Gasteiger partial charge in [-0.25, -0.2) is 4.79 Å². The topological polar surface area (TPSA) is 71.8 Å². The summed E-state index contributed by atoms with van der Waals surface area (Å²) in [6.45, 7) is 4.54. The average molecular weight is 328 g/mol. The zero-order valence-corrected chi connectivity index (χ0v) is 13.7. The first kappa shape index (κ1) is 16.1. The second-order valence-corrected chi connectivity index (χ2v) is 5.68. The first-order valence-electron chi connectivity index (χ1n) is 8.00. The second kappa shape index (κ2) is 6.78. The van der Waals surface area contributed by atoms with Crippen LogP contribution >= 0.6 is 0 Å². The molecule has 2 heterocycles. The van der Waals surface area contributed by atoms with E-state index in [-0.39, 0.29) is 11.9 Å². The lowest BCUT2D eigenvalue weighted by molar-refractivity contribution is -0.143. The van der Waals surface area contributed by atoms with Gasteiger partial charge in [-0.05, 0) is 50.1 Å². The van der Waals surface area contributed by atoms with Crippen molar-refractivity contribution in [3.05, 3.63) is 47.9 Å². The van der Waals surface area contributed by atoms with Crippen LogP contribution in [-0.2, 0) is 16.0 Å². The van der Waals surface area contributed by atoms with Gasteiger partial charge in [-0.1, -0.05) is 0 Å². The molecular formula is C18H20N2O4. The molecule has 0 radical (unpaired) electrons. The number of ether oxygens (including phenoxy) is 1. The van der Waals surface area contributed by atoms with E-state index in [0.29, 0.717) is 18.7 Å². The van der Waals surface area contributed by atoms with Crippen LogP contribution in [0.2, 0.25) is 0 Å². The van der Waals surface area contributed by atoms with Crippen molar-refractivity contribution in [2.24, 2.45) is 0 Å². The van der Waals surface area contributed by atoms with Gasteiger partial charge in [-0.3, -0.25) is 4.79 Å². The summed E-state index contributed by atoms with van der Waals surface area (Å²) in [4.78, 5) is 25.9. The van der Waals surface area contributed by atoms with Crippen molar-refractivity contribution in [2.45, 2.75) is 26.3 Å². The van der Waals surface area contributed by atoms with E-state index in [1.54, 1.807) is 24.8 Å². The average Bonchev–Trinajstić information content (AvgIpc) is 3.24. The molecule has 2 aromatic rings. The zero-order chi connectivity index (χ0) is 17.1. The molecule has 1 aliphatic rings. The van der Waals surface area contributed by atoms with Gasteiger partial charge in [0.15, 0.2) is 0 Å². The molecule has 1 aromatic heterocycles. The number of furan rings is 1. The zero-order valence-electron chi connectivity index (χ0n) is 13.7. The normalized spacial score (nSPS) is 14.2. The number of carbonyl (C=O) groups is 2. The van der Waals surface area contributed by atoms with Gasteiger partial charge < -0.3 is 19.4 Å². The van der Waals surface area contributed by atoms with Crippen LogP contribution in [-0.4, -0.2) is 31.1 Å².